The van der Waals surface area contributed by atoms with Gasteiger partial charge in [-0.3, -0.25) is 4.79 Å². The Morgan fingerprint density at radius 2 is 1.85 bits per heavy atom. The van der Waals surface area contributed by atoms with E-state index in [1.165, 1.54) is 11.9 Å². The number of amides is 1. The van der Waals surface area contributed by atoms with Crippen LogP contribution in [0.1, 0.15) is 34.5 Å². The molecule has 0 unspecified atom stereocenters. The van der Waals surface area contributed by atoms with Crippen molar-refractivity contribution >= 4 is 11.7 Å². The van der Waals surface area contributed by atoms with E-state index in [1.807, 2.05) is 17.0 Å². The predicted molar refractivity (Wildman–Crippen MR) is 96.7 cm³/mol. The number of nitrogens with zero attached hydrogens (tertiary/aromatic N) is 3. The second-order valence-corrected chi connectivity index (χ2v) is 6.66. The van der Waals surface area contributed by atoms with Gasteiger partial charge in [-0.1, -0.05) is 0 Å². The molecule has 1 N–H and O–H groups in total. The maximum atomic E-state index is 12.9. The fraction of sp³-hybridized carbons (Fsp3) is 0.421. The first-order valence-electron chi connectivity index (χ1n) is 8.79. The summed E-state index contributed by atoms with van der Waals surface area (Å²) in [5, 5.41) is 3.31. The molecule has 1 amide bonds. The van der Waals surface area contributed by atoms with E-state index in [4.69, 9.17) is 9.47 Å². The summed E-state index contributed by atoms with van der Waals surface area (Å²) in [6.07, 6.45) is 4.53. The molecule has 2 heterocycles. The van der Waals surface area contributed by atoms with Crippen LogP contribution in [0.5, 0.6) is 11.5 Å². The average Bonchev–Trinajstić information content (AvgIpc) is 3.50. The SMILES string of the molecule is COc1cc2c(cc1OC)CN(C(=O)c1cc(NC3CC3)ncn1)CC2. The smallest absolute Gasteiger partial charge is 0.272 e. The molecule has 7 heteroatoms. The van der Waals surface area contributed by atoms with Gasteiger partial charge >= 0.3 is 0 Å². The number of aromatic nitrogens is 2. The van der Waals surface area contributed by atoms with Gasteiger partial charge < -0.3 is 19.7 Å². The van der Waals surface area contributed by atoms with Crippen molar-refractivity contribution in [3.63, 3.8) is 0 Å². The number of methoxy groups -OCH3 is 2. The Morgan fingerprint density at radius 3 is 2.54 bits per heavy atom. The second kappa shape index (κ2) is 6.82. The number of carbonyl (C=O) groups is 1. The summed E-state index contributed by atoms with van der Waals surface area (Å²) in [5.41, 5.74) is 2.69. The summed E-state index contributed by atoms with van der Waals surface area (Å²) < 4.78 is 10.8. The largest absolute Gasteiger partial charge is 0.493 e. The second-order valence-electron chi connectivity index (χ2n) is 6.66. The lowest BCUT2D eigenvalue weighted by atomic mass is 9.98. The fourth-order valence-electron chi connectivity index (χ4n) is 3.21. The lowest BCUT2D eigenvalue weighted by Crippen LogP contribution is -2.36. The van der Waals surface area contributed by atoms with Crippen molar-refractivity contribution in [3.05, 3.63) is 41.3 Å². The lowest BCUT2D eigenvalue weighted by molar-refractivity contribution is 0.0728. The highest BCUT2D eigenvalue weighted by Gasteiger charge is 2.26. The van der Waals surface area contributed by atoms with Gasteiger partial charge in [-0.25, -0.2) is 9.97 Å². The zero-order chi connectivity index (χ0) is 18.1. The maximum Gasteiger partial charge on any atom is 0.272 e. The molecule has 2 aromatic rings. The van der Waals surface area contributed by atoms with Crippen LogP contribution in [0.4, 0.5) is 5.82 Å². The molecule has 1 saturated carbocycles. The van der Waals surface area contributed by atoms with Crippen LogP contribution in [-0.2, 0) is 13.0 Å². The van der Waals surface area contributed by atoms with Gasteiger partial charge in [0.1, 0.15) is 17.8 Å². The van der Waals surface area contributed by atoms with Gasteiger partial charge in [0.05, 0.1) is 14.2 Å². The number of ether oxygens (including phenoxy) is 2. The summed E-state index contributed by atoms with van der Waals surface area (Å²) in [7, 11) is 3.25. The zero-order valence-electron chi connectivity index (χ0n) is 15.0. The van der Waals surface area contributed by atoms with Crippen molar-refractivity contribution in [2.45, 2.75) is 31.8 Å². The van der Waals surface area contributed by atoms with Gasteiger partial charge in [-0.2, -0.15) is 0 Å². The summed E-state index contributed by atoms with van der Waals surface area (Å²) >= 11 is 0. The molecule has 4 rings (SSSR count). The average molecular weight is 354 g/mol. The fourth-order valence-corrected chi connectivity index (χ4v) is 3.21. The highest BCUT2D eigenvalue weighted by atomic mass is 16.5. The quantitative estimate of drug-likeness (QED) is 0.888. The van der Waals surface area contributed by atoms with E-state index in [1.54, 1.807) is 20.3 Å². The molecule has 26 heavy (non-hydrogen) atoms. The Balaban J connectivity index is 1.53. The topological polar surface area (TPSA) is 76.6 Å². The summed E-state index contributed by atoms with van der Waals surface area (Å²) in [6.45, 7) is 1.18. The van der Waals surface area contributed by atoms with E-state index >= 15 is 0 Å². The number of benzene rings is 1. The van der Waals surface area contributed by atoms with Crippen LogP contribution >= 0.6 is 0 Å². The number of nitrogens with one attached hydrogen (secondary N) is 1. The molecule has 0 spiro atoms. The standard InChI is InChI=1S/C19H22N4O3/c1-25-16-7-12-5-6-23(10-13(12)8-17(16)26-2)19(24)15-9-18(21-11-20-15)22-14-3-4-14/h7-9,11,14H,3-6,10H2,1-2H3,(H,20,21,22). The molecule has 136 valence electrons. The van der Waals surface area contributed by atoms with Crippen LogP contribution in [0.3, 0.4) is 0 Å². The monoisotopic (exact) mass is 354 g/mol. The molecular weight excluding hydrogens is 332 g/mol. The van der Waals surface area contributed by atoms with E-state index in [2.05, 4.69) is 15.3 Å². The van der Waals surface area contributed by atoms with Crippen LogP contribution in [0.25, 0.3) is 0 Å². The zero-order valence-corrected chi connectivity index (χ0v) is 15.0. The Morgan fingerprint density at radius 1 is 1.12 bits per heavy atom. The Kier molecular flexibility index (Phi) is 4.36. The first kappa shape index (κ1) is 16.6. The number of fused-ring (bicyclic) bond motifs is 1. The Hall–Kier alpha value is -2.83. The molecule has 1 aromatic heterocycles. The maximum absolute atomic E-state index is 12.9. The Labute approximate surface area is 152 Å². The molecule has 1 aromatic carbocycles. The molecule has 1 fully saturated rings. The third-order valence-corrected chi connectivity index (χ3v) is 4.82. The molecule has 2 aliphatic rings. The molecule has 0 radical (unpaired) electrons. The van der Waals surface area contributed by atoms with Gasteiger partial charge in [0.2, 0.25) is 0 Å². The number of hydrogen-bond acceptors (Lipinski definition) is 6. The van der Waals surface area contributed by atoms with Crippen LogP contribution in [0, 0.1) is 0 Å². The summed E-state index contributed by atoms with van der Waals surface area (Å²) in [4.78, 5) is 23.1. The van der Waals surface area contributed by atoms with Gasteiger partial charge in [-0.05, 0) is 42.5 Å². The highest BCUT2D eigenvalue weighted by molar-refractivity contribution is 5.93. The lowest BCUT2D eigenvalue weighted by Gasteiger charge is -2.29. The number of anilines is 1. The minimum atomic E-state index is -0.0771. The molecule has 1 aliphatic heterocycles. The van der Waals surface area contributed by atoms with E-state index < -0.39 is 0 Å². The third kappa shape index (κ3) is 3.29. The van der Waals surface area contributed by atoms with Crippen LogP contribution in [0.2, 0.25) is 0 Å². The first-order valence-corrected chi connectivity index (χ1v) is 8.79. The van der Waals surface area contributed by atoms with Gasteiger partial charge in [-0.15, -0.1) is 0 Å². The van der Waals surface area contributed by atoms with Crippen molar-refractivity contribution in [2.24, 2.45) is 0 Å². The molecular formula is C19H22N4O3. The number of carbonyl (C=O) groups excluding carboxylic acids is 1. The van der Waals surface area contributed by atoms with Gasteiger partial charge in [0.25, 0.3) is 5.91 Å². The van der Waals surface area contributed by atoms with Crippen LogP contribution < -0.4 is 14.8 Å². The Bertz CT molecular complexity index is 836. The van der Waals surface area contributed by atoms with Crippen molar-refractivity contribution in [3.8, 4) is 11.5 Å². The van der Waals surface area contributed by atoms with Gasteiger partial charge in [0, 0.05) is 25.2 Å². The van der Waals surface area contributed by atoms with Crippen molar-refractivity contribution in [1.29, 1.82) is 0 Å². The third-order valence-electron chi connectivity index (χ3n) is 4.82. The molecule has 0 bridgehead atoms. The van der Waals surface area contributed by atoms with Crippen LogP contribution in [0.15, 0.2) is 24.5 Å². The van der Waals surface area contributed by atoms with E-state index in [-0.39, 0.29) is 5.91 Å². The van der Waals surface area contributed by atoms with Crippen molar-refractivity contribution in [1.82, 2.24) is 14.9 Å². The number of rotatable bonds is 5. The normalized spacial score (nSPS) is 16.0. The summed E-state index contributed by atoms with van der Waals surface area (Å²) in [6, 6.07) is 6.17. The van der Waals surface area contributed by atoms with Crippen molar-refractivity contribution < 1.29 is 14.3 Å². The van der Waals surface area contributed by atoms with Crippen LogP contribution in [-0.4, -0.2) is 47.6 Å². The van der Waals surface area contributed by atoms with E-state index in [0.717, 1.165) is 36.4 Å². The van der Waals surface area contributed by atoms with E-state index in [0.29, 0.717) is 30.6 Å². The molecule has 1 aliphatic carbocycles. The molecule has 7 nitrogen and oxygen atoms in total. The van der Waals surface area contributed by atoms with Gasteiger partial charge in [0.15, 0.2) is 11.5 Å². The predicted octanol–water partition coefficient (Wildman–Crippen LogP) is 2.27. The minimum absolute atomic E-state index is 0.0771. The highest BCUT2D eigenvalue weighted by Crippen LogP contribution is 2.33. The first-order chi connectivity index (χ1) is 12.7. The molecule has 0 saturated heterocycles. The summed E-state index contributed by atoms with van der Waals surface area (Å²) in [5.74, 6) is 2.04. The molecule has 0 atom stereocenters. The number of hydrogen-bond donors (Lipinski definition) is 1. The van der Waals surface area contributed by atoms with E-state index in [9.17, 15) is 4.79 Å². The van der Waals surface area contributed by atoms with Crippen molar-refractivity contribution in [2.75, 3.05) is 26.1 Å². The minimum Gasteiger partial charge on any atom is -0.493 e.